The first kappa shape index (κ1) is 25.4. The van der Waals surface area contributed by atoms with Gasteiger partial charge in [-0.1, -0.05) is 35.3 Å². The molecule has 0 unspecified atom stereocenters. The Labute approximate surface area is 215 Å². The molecule has 1 N–H and O–H groups in total. The lowest BCUT2D eigenvalue weighted by atomic mass is 10.1. The standard InChI is InChI=1S/C25H21Cl2FN4O4/c1-25(2,3)36-24(35)31(13-15-4-6-16(26)11-18(15)27)22-12-20(30-21-8-9-29-32(21)22)14-5-7-17(23(33)34)19(28)10-14/h4-12H,13H2,1-3H3,(H,33,34). The number of hydrogen-bond acceptors (Lipinski definition) is 5. The Bertz CT molecular complexity index is 1480. The van der Waals surface area contributed by atoms with Crippen molar-refractivity contribution in [3.05, 3.63) is 81.7 Å². The van der Waals surface area contributed by atoms with Crippen LogP contribution in [0.15, 0.2) is 54.7 Å². The molecule has 36 heavy (non-hydrogen) atoms. The Hall–Kier alpha value is -3.69. The van der Waals surface area contributed by atoms with E-state index in [1.807, 2.05) is 0 Å². The number of carbonyl (C=O) groups is 2. The summed E-state index contributed by atoms with van der Waals surface area (Å²) >= 11 is 12.4. The molecule has 0 saturated carbocycles. The molecular formula is C25H21Cl2FN4O4. The molecular weight excluding hydrogens is 510 g/mol. The van der Waals surface area contributed by atoms with Crippen molar-refractivity contribution in [2.75, 3.05) is 4.90 Å². The molecule has 0 fully saturated rings. The number of hydrogen-bond donors (Lipinski definition) is 1. The summed E-state index contributed by atoms with van der Waals surface area (Å²) in [6.45, 7) is 5.24. The number of benzene rings is 2. The van der Waals surface area contributed by atoms with Gasteiger partial charge in [-0.2, -0.15) is 9.61 Å². The Kier molecular flexibility index (Phi) is 6.88. The monoisotopic (exact) mass is 530 g/mol. The molecule has 8 nitrogen and oxygen atoms in total. The van der Waals surface area contributed by atoms with Crippen molar-refractivity contribution in [2.24, 2.45) is 0 Å². The summed E-state index contributed by atoms with van der Waals surface area (Å²) < 4.78 is 21.5. The lowest BCUT2D eigenvalue weighted by molar-refractivity contribution is 0.0574. The van der Waals surface area contributed by atoms with Gasteiger partial charge in [-0.25, -0.2) is 19.0 Å². The molecule has 0 atom stereocenters. The highest BCUT2D eigenvalue weighted by molar-refractivity contribution is 6.35. The van der Waals surface area contributed by atoms with Crippen LogP contribution in [-0.4, -0.2) is 37.4 Å². The number of carboxylic acids is 1. The van der Waals surface area contributed by atoms with Gasteiger partial charge in [0.25, 0.3) is 0 Å². The van der Waals surface area contributed by atoms with Crippen LogP contribution in [0.4, 0.5) is 15.0 Å². The van der Waals surface area contributed by atoms with E-state index in [4.69, 9.17) is 33.0 Å². The number of nitrogens with zero attached hydrogens (tertiary/aromatic N) is 4. The highest BCUT2D eigenvalue weighted by Gasteiger charge is 2.27. The van der Waals surface area contributed by atoms with Gasteiger partial charge in [0, 0.05) is 27.7 Å². The van der Waals surface area contributed by atoms with Crippen LogP contribution in [0.1, 0.15) is 36.7 Å². The number of anilines is 1. The third-order valence-corrected chi connectivity index (χ3v) is 5.66. The molecule has 0 aliphatic rings. The number of carboxylic acid groups (broad SMARTS) is 1. The van der Waals surface area contributed by atoms with E-state index in [2.05, 4.69) is 10.1 Å². The summed E-state index contributed by atoms with van der Waals surface area (Å²) in [4.78, 5) is 30.4. The van der Waals surface area contributed by atoms with Gasteiger partial charge in [-0.05, 0) is 50.6 Å². The first-order chi connectivity index (χ1) is 16.9. The Morgan fingerprint density at radius 3 is 2.50 bits per heavy atom. The largest absolute Gasteiger partial charge is 0.478 e. The van der Waals surface area contributed by atoms with Gasteiger partial charge in [-0.3, -0.25) is 4.90 Å². The maximum atomic E-state index is 14.4. The van der Waals surface area contributed by atoms with Gasteiger partial charge in [-0.15, -0.1) is 0 Å². The minimum absolute atomic E-state index is 0.00957. The fourth-order valence-electron chi connectivity index (χ4n) is 3.46. The normalized spacial score (nSPS) is 11.5. The van der Waals surface area contributed by atoms with Gasteiger partial charge >= 0.3 is 12.1 Å². The highest BCUT2D eigenvalue weighted by Crippen LogP contribution is 2.30. The van der Waals surface area contributed by atoms with Crippen molar-refractivity contribution in [3.63, 3.8) is 0 Å². The highest BCUT2D eigenvalue weighted by atomic mass is 35.5. The van der Waals surface area contributed by atoms with Gasteiger partial charge in [0.2, 0.25) is 0 Å². The third kappa shape index (κ3) is 5.42. The molecule has 11 heteroatoms. The van der Waals surface area contributed by atoms with Crippen LogP contribution in [-0.2, 0) is 11.3 Å². The molecule has 2 aromatic heterocycles. The van der Waals surface area contributed by atoms with E-state index in [-0.39, 0.29) is 12.4 Å². The molecule has 2 heterocycles. The van der Waals surface area contributed by atoms with Crippen LogP contribution in [0.3, 0.4) is 0 Å². The molecule has 2 aromatic carbocycles. The summed E-state index contributed by atoms with van der Waals surface area (Å²) in [7, 11) is 0. The van der Waals surface area contributed by atoms with Gasteiger partial charge < -0.3 is 9.84 Å². The molecule has 4 aromatic rings. The van der Waals surface area contributed by atoms with Crippen LogP contribution in [0.2, 0.25) is 10.0 Å². The van der Waals surface area contributed by atoms with E-state index in [1.54, 1.807) is 51.1 Å². The molecule has 1 amide bonds. The summed E-state index contributed by atoms with van der Waals surface area (Å²) in [5, 5.41) is 14.2. The number of ether oxygens (including phenoxy) is 1. The van der Waals surface area contributed by atoms with E-state index in [1.165, 1.54) is 21.7 Å². The van der Waals surface area contributed by atoms with E-state index in [0.29, 0.717) is 32.5 Å². The zero-order chi connectivity index (χ0) is 26.2. The number of fused-ring (bicyclic) bond motifs is 1. The summed E-state index contributed by atoms with van der Waals surface area (Å²) in [6.07, 6.45) is 0.835. The molecule has 0 aliphatic carbocycles. The zero-order valence-corrected chi connectivity index (χ0v) is 21.0. The van der Waals surface area contributed by atoms with Crippen LogP contribution in [0.5, 0.6) is 0 Å². The van der Waals surface area contributed by atoms with Crippen LogP contribution in [0, 0.1) is 5.82 Å². The maximum absolute atomic E-state index is 14.4. The van der Waals surface area contributed by atoms with Crippen LogP contribution < -0.4 is 4.90 Å². The topological polar surface area (TPSA) is 97.0 Å². The quantitative estimate of drug-likeness (QED) is 0.317. The van der Waals surface area contributed by atoms with E-state index in [9.17, 15) is 14.0 Å². The van der Waals surface area contributed by atoms with Crippen LogP contribution in [0.25, 0.3) is 16.9 Å². The first-order valence-corrected chi connectivity index (χ1v) is 11.5. The fourth-order valence-corrected chi connectivity index (χ4v) is 3.93. The molecule has 0 spiro atoms. The number of halogens is 3. The lowest BCUT2D eigenvalue weighted by Crippen LogP contribution is -2.37. The summed E-state index contributed by atoms with van der Waals surface area (Å²) in [5.41, 5.74) is 0.329. The van der Waals surface area contributed by atoms with E-state index >= 15 is 0 Å². The second-order valence-electron chi connectivity index (χ2n) is 8.90. The van der Waals surface area contributed by atoms with Crippen molar-refractivity contribution >= 4 is 46.7 Å². The lowest BCUT2D eigenvalue weighted by Gasteiger charge is -2.28. The molecule has 4 rings (SSSR count). The Morgan fingerprint density at radius 1 is 1.11 bits per heavy atom. The van der Waals surface area contributed by atoms with Crippen molar-refractivity contribution < 1.29 is 23.8 Å². The van der Waals surface area contributed by atoms with Gasteiger partial charge in [0.1, 0.15) is 17.2 Å². The van der Waals surface area contributed by atoms with Gasteiger partial charge in [0.05, 0.1) is 24.0 Å². The fraction of sp³-hybridized carbons (Fsp3) is 0.200. The number of aromatic carboxylic acids is 1. The average Bonchev–Trinajstić information content (AvgIpc) is 3.25. The maximum Gasteiger partial charge on any atom is 0.416 e. The third-order valence-electron chi connectivity index (χ3n) is 5.07. The molecule has 0 radical (unpaired) electrons. The van der Waals surface area contributed by atoms with Crippen molar-refractivity contribution in [2.45, 2.75) is 32.9 Å². The predicted molar refractivity (Wildman–Crippen MR) is 134 cm³/mol. The minimum atomic E-state index is -1.38. The average molecular weight is 531 g/mol. The van der Waals surface area contributed by atoms with E-state index < -0.39 is 29.0 Å². The first-order valence-electron chi connectivity index (χ1n) is 10.8. The Balaban J connectivity index is 1.87. The van der Waals surface area contributed by atoms with Crippen molar-refractivity contribution in [3.8, 4) is 11.3 Å². The molecule has 186 valence electrons. The summed E-state index contributed by atoms with van der Waals surface area (Å²) in [5.74, 6) is -2.01. The summed E-state index contributed by atoms with van der Waals surface area (Å²) in [6, 6.07) is 11.8. The van der Waals surface area contributed by atoms with Crippen molar-refractivity contribution in [1.82, 2.24) is 14.6 Å². The van der Waals surface area contributed by atoms with Crippen molar-refractivity contribution in [1.29, 1.82) is 0 Å². The Morgan fingerprint density at radius 2 is 1.86 bits per heavy atom. The molecule has 0 aliphatic heterocycles. The minimum Gasteiger partial charge on any atom is -0.478 e. The smallest absolute Gasteiger partial charge is 0.416 e. The molecule has 0 bridgehead atoms. The second-order valence-corrected chi connectivity index (χ2v) is 9.75. The zero-order valence-electron chi connectivity index (χ0n) is 19.5. The second kappa shape index (κ2) is 9.75. The number of aromatic nitrogens is 3. The number of amides is 1. The molecule has 0 saturated heterocycles. The predicted octanol–water partition coefficient (Wildman–Crippen LogP) is 6.48. The SMILES string of the molecule is CC(C)(C)OC(=O)N(Cc1ccc(Cl)cc1Cl)c1cc(-c2ccc(C(=O)O)c(F)c2)nc2ccnn12. The van der Waals surface area contributed by atoms with Gasteiger partial charge in [0.15, 0.2) is 5.65 Å². The van der Waals surface area contributed by atoms with E-state index in [0.717, 1.165) is 12.1 Å². The number of rotatable bonds is 5. The number of carbonyl (C=O) groups excluding carboxylic acids is 1. The van der Waals surface area contributed by atoms with Crippen LogP contribution >= 0.6 is 23.2 Å².